The Morgan fingerprint density at radius 1 is 1.04 bits per heavy atom. The van der Waals surface area contributed by atoms with Crippen LogP contribution < -0.4 is 5.63 Å². The lowest BCUT2D eigenvalue weighted by Gasteiger charge is -2.22. The van der Waals surface area contributed by atoms with Crippen LogP contribution >= 0.6 is 15.9 Å². The SMILES string of the molecule is O=c1cc(CN(CCO)Cc2ccccc2)c2ccc(Br)cc2o1. The number of fused-ring (bicyclic) bond motifs is 1. The predicted octanol–water partition coefficient (Wildman–Crippen LogP) is 3.55. The molecule has 3 aromatic rings. The van der Waals surface area contributed by atoms with Gasteiger partial charge >= 0.3 is 5.63 Å². The van der Waals surface area contributed by atoms with Crippen molar-refractivity contribution in [3.8, 4) is 0 Å². The van der Waals surface area contributed by atoms with Crippen LogP contribution in [0.1, 0.15) is 11.1 Å². The molecule has 3 rings (SSSR count). The van der Waals surface area contributed by atoms with Crippen molar-refractivity contribution in [2.45, 2.75) is 13.1 Å². The average molecular weight is 388 g/mol. The molecule has 2 aromatic carbocycles. The molecule has 1 N–H and O–H groups in total. The third kappa shape index (κ3) is 4.12. The van der Waals surface area contributed by atoms with Crippen molar-refractivity contribution in [1.82, 2.24) is 4.90 Å². The summed E-state index contributed by atoms with van der Waals surface area (Å²) in [6.07, 6.45) is 0. The zero-order valence-corrected chi connectivity index (χ0v) is 14.7. The zero-order valence-electron chi connectivity index (χ0n) is 13.1. The minimum atomic E-state index is -0.362. The summed E-state index contributed by atoms with van der Waals surface area (Å²) in [5.41, 5.74) is 2.27. The second-order valence-corrected chi connectivity index (χ2v) is 6.57. The summed E-state index contributed by atoms with van der Waals surface area (Å²) >= 11 is 3.40. The Hall–Kier alpha value is -1.95. The molecule has 0 unspecified atom stereocenters. The smallest absolute Gasteiger partial charge is 0.336 e. The summed E-state index contributed by atoms with van der Waals surface area (Å²) in [5, 5.41) is 10.3. The lowest BCUT2D eigenvalue weighted by atomic mass is 10.1. The maximum atomic E-state index is 11.9. The zero-order chi connectivity index (χ0) is 16.9. The molecule has 0 fully saturated rings. The van der Waals surface area contributed by atoms with E-state index < -0.39 is 0 Å². The van der Waals surface area contributed by atoms with Crippen LogP contribution in [0.4, 0.5) is 0 Å². The minimum absolute atomic E-state index is 0.0672. The van der Waals surface area contributed by atoms with Gasteiger partial charge in [-0.1, -0.05) is 46.3 Å². The number of hydrogen-bond acceptors (Lipinski definition) is 4. The third-order valence-electron chi connectivity index (χ3n) is 3.85. The highest BCUT2D eigenvalue weighted by molar-refractivity contribution is 9.10. The van der Waals surface area contributed by atoms with E-state index in [1.54, 1.807) is 6.07 Å². The summed E-state index contributed by atoms with van der Waals surface area (Å²) in [4.78, 5) is 14.0. The molecule has 0 saturated carbocycles. The standard InChI is InChI=1S/C19H18BrNO3/c20-16-6-7-17-15(10-19(23)24-18(17)11-16)13-21(8-9-22)12-14-4-2-1-3-5-14/h1-7,10-11,22H,8-9,12-13H2. The van der Waals surface area contributed by atoms with Crippen molar-refractivity contribution in [3.63, 3.8) is 0 Å². The topological polar surface area (TPSA) is 53.7 Å². The molecule has 5 heteroatoms. The van der Waals surface area contributed by atoms with Gasteiger partial charge < -0.3 is 9.52 Å². The van der Waals surface area contributed by atoms with E-state index in [2.05, 4.69) is 33.0 Å². The molecule has 0 aliphatic heterocycles. The van der Waals surface area contributed by atoms with Crippen molar-refractivity contribution in [1.29, 1.82) is 0 Å². The fourth-order valence-corrected chi connectivity index (χ4v) is 3.11. The van der Waals surface area contributed by atoms with Crippen LogP contribution in [-0.2, 0) is 13.1 Å². The van der Waals surface area contributed by atoms with E-state index in [4.69, 9.17) is 4.42 Å². The summed E-state index contributed by atoms with van der Waals surface area (Å²) in [7, 11) is 0. The Bertz CT molecular complexity index is 877. The quantitative estimate of drug-likeness (QED) is 0.657. The van der Waals surface area contributed by atoms with Gasteiger partial charge in [0.05, 0.1) is 6.61 Å². The fourth-order valence-electron chi connectivity index (χ4n) is 2.77. The first-order chi connectivity index (χ1) is 11.7. The Morgan fingerprint density at radius 3 is 2.58 bits per heavy atom. The van der Waals surface area contributed by atoms with Crippen molar-refractivity contribution in [2.75, 3.05) is 13.2 Å². The molecule has 124 valence electrons. The predicted molar refractivity (Wildman–Crippen MR) is 97.8 cm³/mol. The number of benzene rings is 2. The van der Waals surface area contributed by atoms with Crippen LogP contribution in [0.15, 0.2) is 68.3 Å². The van der Waals surface area contributed by atoms with E-state index in [0.29, 0.717) is 25.2 Å². The number of rotatable bonds is 6. The van der Waals surface area contributed by atoms with Crippen molar-refractivity contribution in [2.24, 2.45) is 0 Å². The first-order valence-electron chi connectivity index (χ1n) is 7.75. The van der Waals surface area contributed by atoms with Gasteiger partial charge in [-0.05, 0) is 29.3 Å². The normalized spacial score (nSPS) is 11.3. The van der Waals surface area contributed by atoms with Crippen LogP contribution in [0.3, 0.4) is 0 Å². The first-order valence-corrected chi connectivity index (χ1v) is 8.54. The van der Waals surface area contributed by atoms with Gasteiger partial charge in [-0.15, -0.1) is 0 Å². The Balaban J connectivity index is 1.92. The molecule has 0 atom stereocenters. The van der Waals surface area contributed by atoms with E-state index >= 15 is 0 Å². The van der Waals surface area contributed by atoms with Gasteiger partial charge in [-0.3, -0.25) is 4.90 Å². The highest BCUT2D eigenvalue weighted by Crippen LogP contribution is 2.23. The monoisotopic (exact) mass is 387 g/mol. The van der Waals surface area contributed by atoms with E-state index in [9.17, 15) is 9.90 Å². The molecule has 24 heavy (non-hydrogen) atoms. The minimum Gasteiger partial charge on any atom is -0.423 e. The van der Waals surface area contributed by atoms with E-state index in [1.807, 2.05) is 30.3 Å². The lowest BCUT2D eigenvalue weighted by molar-refractivity contribution is 0.184. The number of aliphatic hydroxyl groups is 1. The molecular formula is C19H18BrNO3. The highest BCUT2D eigenvalue weighted by Gasteiger charge is 2.11. The van der Waals surface area contributed by atoms with Gasteiger partial charge in [0, 0.05) is 35.6 Å². The molecule has 1 heterocycles. The summed E-state index contributed by atoms with van der Waals surface area (Å²) in [6, 6.07) is 17.3. The number of nitrogens with zero attached hydrogens (tertiary/aromatic N) is 1. The van der Waals surface area contributed by atoms with Gasteiger partial charge in [0.2, 0.25) is 0 Å². The summed E-state index contributed by atoms with van der Waals surface area (Å²) < 4.78 is 6.16. The maximum Gasteiger partial charge on any atom is 0.336 e. The van der Waals surface area contributed by atoms with E-state index in [0.717, 1.165) is 15.4 Å². The van der Waals surface area contributed by atoms with Crippen LogP contribution in [0, 0.1) is 0 Å². The molecule has 1 aromatic heterocycles. The van der Waals surface area contributed by atoms with Gasteiger partial charge in [-0.2, -0.15) is 0 Å². The molecule has 0 radical (unpaired) electrons. The first kappa shape index (κ1) is 16.9. The Kier molecular flexibility index (Phi) is 5.45. The maximum absolute atomic E-state index is 11.9. The van der Waals surface area contributed by atoms with Crippen molar-refractivity contribution < 1.29 is 9.52 Å². The Labute approximate surface area is 148 Å². The van der Waals surface area contributed by atoms with Gasteiger partial charge in [0.1, 0.15) is 5.58 Å². The molecule has 0 spiro atoms. The molecular weight excluding hydrogens is 370 g/mol. The van der Waals surface area contributed by atoms with Gasteiger partial charge in [0.15, 0.2) is 0 Å². The molecule has 0 aliphatic carbocycles. The average Bonchev–Trinajstić information content (AvgIpc) is 2.55. The van der Waals surface area contributed by atoms with Crippen LogP contribution in [0.25, 0.3) is 11.0 Å². The summed E-state index contributed by atoms with van der Waals surface area (Å²) in [5.74, 6) is 0. The lowest BCUT2D eigenvalue weighted by Crippen LogP contribution is -2.26. The van der Waals surface area contributed by atoms with Crippen molar-refractivity contribution >= 4 is 26.9 Å². The number of halogens is 1. The second-order valence-electron chi connectivity index (χ2n) is 5.65. The highest BCUT2D eigenvalue weighted by atomic mass is 79.9. The molecule has 4 nitrogen and oxygen atoms in total. The number of aliphatic hydroxyl groups excluding tert-OH is 1. The largest absolute Gasteiger partial charge is 0.423 e. The van der Waals surface area contributed by atoms with Gasteiger partial charge in [0.25, 0.3) is 0 Å². The third-order valence-corrected chi connectivity index (χ3v) is 4.34. The molecule has 0 saturated heterocycles. The van der Waals surface area contributed by atoms with Crippen LogP contribution in [-0.4, -0.2) is 23.2 Å². The van der Waals surface area contributed by atoms with Gasteiger partial charge in [-0.25, -0.2) is 4.79 Å². The van der Waals surface area contributed by atoms with Crippen molar-refractivity contribution in [3.05, 3.63) is 80.6 Å². The molecule has 0 amide bonds. The summed E-state index contributed by atoms with van der Waals surface area (Å²) in [6.45, 7) is 1.88. The Morgan fingerprint density at radius 2 is 1.83 bits per heavy atom. The van der Waals surface area contributed by atoms with Crippen LogP contribution in [0.2, 0.25) is 0 Å². The number of hydrogen-bond donors (Lipinski definition) is 1. The fraction of sp³-hybridized carbons (Fsp3) is 0.211. The van der Waals surface area contributed by atoms with E-state index in [-0.39, 0.29) is 12.2 Å². The molecule has 0 bridgehead atoms. The van der Waals surface area contributed by atoms with E-state index in [1.165, 1.54) is 11.6 Å². The molecule has 0 aliphatic rings. The second kappa shape index (κ2) is 7.75. The van der Waals surface area contributed by atoms with Crippen LogP contribution in [0.5, 0.6) is 0 Å².